The van der Waals surface area contributed by atoms with Gasteiger partial charge in [-0.3, -0.25) is 9.78 Å². The second-order valence-electron chi connectivity index (χ2n) is 5.66. The van der Waals surface area contributed by atoms with Gasteiger partial charge in [-0.15, -0.1) is 0 Å². The summed E-state index contributed by atoms with van der Waals surface area (Å²) in [5, 5.41) is 0. The number of aromatic nitrogens is 1. The molecule has 112 valence electrons. The van der Waals surface area contributed by atoms with E-state index in [2.05, 4.69) is 4.98 Å². The number of hydrogen-bond acceptors (Lipinski definition) is 2. The van der Waals surface area contributed by atoms with Gasteiger partial charge < -0.3 is 4.90 Å². The molecule has 2 heterocycles. The molecule has 0 radical (unpaired) electrons. The Morgan fingerprint density at radius 3 is 2.09 bits per heavy atom. The van der Waals surface area contributed by atoms with Crippen LogP contribution in [0, 0.1) is 0 Å². The van der Waals surface area contributed by atoms with Gasteiger partial charge in [0.1, 0.15) is 0 Å². The van der Waals surface area contributed by atoms with Crippen molar-refractivity contribution < 1.29 is 4.79 Å². The highest BCUT2D eigenvalue weighted by Gasteiger charge is 2.49. The van der Waals surface area contributed by atoms with E-state index in [1.807, 2.05) is 83.9 Å². The SMILES string of the molecule is O=C1[C@@H](c2ccccc2)[C@H](c2cccnc2)N1c1ccccc1. The molecule has 4 rings (SSSR count). The van der Waals surface area contributed by atoms with Gasteiger partial charge in [0.25, 0.3) is 0 Å². The lowest BCUT2D eigenvalue weighted by atomic mass is 9.78. The number of carbonyl (C=O) groups is 1. The Morgan fingerprint density at radius 2 is 1.43 bits per heavy atom. The average Bonchev–Trinajstić information content (AvgIpc) is 2.62. The largest absolute Gasteiger partial charge is 0.303 e. The molecule has 3 aromatic rings. The summed E-state index contributed by atoms with van der Waals surface area (Å²) in [7, 11) is 0. The highest BCUT2D eigenvalue weighted by Crippen LogP contribution is 2.48. The third kappa shape index (κ3) is 2.30. The summed E-state index contributed by atoms with van der Waals surface area (Å²) in [5.41, 5.74) is 3.04. The zero-order valence-electron chi connectivity index (χ0n) is 12.5. The first-order chi connectivity index (χ1) is 11.4. The van der Waals surface area contributed by atoms with E-state index in [0.717, 1.165) is 16.8 Å². The van der Waals surface area contributed by atoms with Crippen LogP contribution in [-0.4, -0.2) is 10.9 Å². The highest BCUT2D eigenvalue weighted by atomic mass is 16.2. The Morgan fingerprint density at radius 1 is 0.783 bits per heavy atom. The Bertz CT molecular complexity index is 753. The summed E-state index contributed by atoms with van der Waals surface area (Å²) in [4.78, 5) is 19.0. The molecule has 1 fully saturated rings. The first-order valence-corrected chi connectivity index (χ1v) is 7.69. The monoisotopic (exact) mass is 300 g/mol. The van der Waals surface area contributed by atoms with Crippen LogP contribution >= 0.6 is 0 Å². The van der Waals surface area contributed by atoms with E-state index in [0.29, 0.717) is 0 Å². The fourth-order valence-corrected chi connectivity index (χ4v) is 3.24. The number of hydrogen-bond donors (Lipinski definition) is 0. The van der Waals surface area contributed by atoms with E-state index in [9.17, 15) is 4.79 Å². The van der Waals surface area contributed by atoms with E-state index in [1.165, 1.54) is 0 Å². The van der Waals surface area contributed by atoms with Gasteiger partial charge in [0, 0.05) is 18.1 Å². The Hall–Kier alpha value is -2.94. The molecule has 0 spiro atoms. The van der Waals surface area contributed by atoms with Crippen molar-refractivity contribution >= 4 is 11.6 Å². The van der Waals surface area contributed by atoms with Crippen LogP contribution in [0.1, 0.15) is 23.1 Å². The lowest BCUT2D eigenvalue weighted by Gasteiger charge is -2.47. The van der Waals surface area contributed by atoms with Crippen LogP contribution in [0.25, 0.3) is 0 Å². The summed E-state index contributed by atoms with van der Waals surface area (Å²) in [6.45, 7) is 0. The highest BCUT2D eigenvalue weighted by molar-refractivity contribution is 6.06. The molecule has 0 N–H and O–H groups in total. The first-order valence-electron chi connectivity index (χ1n) is 7.69. The number of β-lactam (4-membered cyclic amide) rings is 1. The fourth-order valence-electron chi connectivity index (χ4n) is 3.24. The molecular formula is C20H16N2O. The van der Waals surface area contributed by atoms with Crippen LogP contribution in [0.4, 0.5) is 5.69 Å². The van der Waals surface area contributed by atoms with Gasteiger partial charge in [-0.1, -0.05) is 54.6 Å². The van der Waals surface area contributed by atoms with Crippen LogP contribution in [-0.2, 0) is 4.79 Å². The average molecular weight is 300 g/mol. The molecule has 1 amide bonds. The normalized spacial score (nSPS) is 20.2. The number of rotatable bonds is 3. The number of nitrogens with zero attached hydrogens (tertiary/aromatic N) is 2. The molecule has 1 aliphatic heterocycles. The Balaban J connectivity index is 1.78. The lowest BCUT2D eigenvalue weighted by Crippen LogP contribution is -2.53. The minimum absolute atomic E-state index is 0.0130. The maximum absolute atomic E-state index is 12.9. The molecule has 1 aliphatic rings. The smallest absolute Gasteiger partial charge is 0.237 e. The number of benzene rings is 2. The molecule has 23 heavy (non-hydrogen) atoms. The molecule has 3 nitrogen and oxygen atoms in total. The Kier molecular flexibility index (Phi) is 3.39. The number of carbonyl (C=O) groups excluding carboxylic acids is 1. The van der Waals surface area contributed by atoms with Gasteiger partial charge in [-0.05, 0) is 29.3 Å². The zero-order valence-corrected chi connectivity index (χ0v) is 12.5. The quantitative estimate of drug-likeness (QED) is 0.686. The van der Waals surface area contributed by atoms with Crippen LogP contribution in [0.5, 0.6) is 0 Å². The first kappa shape index (κ1) is 13.7. The maximum atomic E-state index is 12.9. The van der Waals surface area contributed by atoms with Gasteiger partial charge in [-0.25, -0.2) is 0 Å². The van der Waals surface area contributed by atoms with Crippen LogP contribution < -0.4 is 4.90 Å². The van der Waals surface area contributed by atoms with Crippen molar-refractivity contribution in [2.75, 3.05) is 4.90 Å². The van der Waals surface area contributed by atoms with Gasteiger partial charge in [0.05, 0.1) is 12.0 Å². The summed E-state index contributed by atoms with van der Waals surface area (Å²) in [5.74, 6) is -0.0168. The third-order valence-electron chi connectivity index (χ3n) is 4.32. The summed E-state index contributed by atoms with van der Waals surface area (Å²) in [6, 6.07) is 23.7. The molecular weight excluding hydrogens is 284 g/mol. The number of anilines is 1. The minimum Gasteiger partial charge on any atom is -0.303 e. The van der Waals surface area contributed by atoms with E-state index in [1.54, 1.807) is 6.20 Å². The molecule has 0 aliphatic carbocycles. The molecule has 0 bridgehead atoms. The van der Waals surface area contributed by atoms with E-state index in [4.69, 9.17) is 0 Å². The van der Waals surface area contributed by atoms with E-state index < -0.39 is 0 Å². The number of pyridine rings is 1. The predicted molar refractivity (Wildman–Crippen MR) is 90.1 cm³/mol. The van der Waals surface area contributed by atoms with Gasteiger partial charge in [0.2, 0.25) is 5.91 Å². The molecule has 3 heteroatoms. The second-order valence-corrected chi connectivity index (χ2v) is 5.66. The molecule has 2 aromatic carbocycles. The maximum Gasteiger partial charge on any atom is 0.237 e. The molecule has 1 saturated heterocycles. The summed E-state index contributed by atoms with van der Waals surface area (Å²) in [6.07, 6.45) is 3.61. The summed E-state index contributed by atoms with van der Waals surface area (Å²) < 4.78 is 0. The topological polar surface area (TPSA) is 33.2 Å². The third-order valence-corrected chi connectivity index (χ3v) is 4.32. The van der Waals surface area contributed by atoms with E-state index >= 15 is 0 Å². The minimum atomic E-state index is -0.152. The van der Waals surface area contributed by atoms with Crippen molar-refractivity contribution in [1.82, 2.24) is 4.98 Å². The van der Waals surface area contributed by atoms with Gasteiger partial charge >= 0.3 is 0 Å². The van der Waals surface area contributed by atoms with E-state index in [-0.39, 0.29) is 17.9 Å². The van der Waals surface area contributed by atoms with Crippen LogP contribution in [0.3, 0.4) is 0 Å². The Labute approximate surface area is 135 Å². The van der Waals surface area contributed by atoms with Crippen LogP contribution in [0.15, 0.2) is 85.2 Å². The van der Waals surface area contributed by atoms with Crippen LogP contribution in [0.2, 0.25) is 0 Å². The second kappa shape index (κ2) is 5.69. The van der Waals surface area contributed by atoms with Crippen molar-refractivity contribution in [3.8, 4) is 0 Å². The standard InChI is InChI=1S/C20H16N2O/c23-20-18(15-8-3-1-4-9-15)19(16-10-7-13-21-14-16)22(20)17-11-5-2-6-12-17/h1-14,18-19H/t18-,19-/m0/s1. The van der Waals surface area contributed by atoms with Gasteiger partial charge in [0.15, 0.2) is 0 Å². The van der Waals surface area contributed by atoms with Crippen molar-refractivity contribution in [2.45, 2.75) is 12.0 Å². The lowest BCUT2D eigenvalue weighted by molar-refractivity contribution is -0.126. The van der Waals surface area contributed by atoms with Crippen molar-refractivity contribution in [1.29, 1.82) is 0 Å². The fraction of sp³-hybridized carbons (Fsp3) is 0.100. The molecule has 0 unspecified atom stereocenters. The predicted octanol–water partition coefficient (Wildman–Crippen LogP) is 3.95. The number of para-hydroxylation sites is 1. The molecule has 2 atom stereocenters. The van der Waals surface area contributed by atoms with Crippen molar-refractivity contribution in [3.63, 3.8) is 0 Å². The molecule has 1 aromatic heterocycles. The van der Waals surface area contributed by atoms with Gasteiger partial charge in [-0.2, -0.15) is 0 Å². The van der Waals surface area contributed by atoms with Crippen molar-refractivity contribution in [2.24, 2.45) is 0 Å². The molecule has 0 saturated carbocycles. The summed E-state index contributed by atoms with van der Waals surface area (Å²) >= 11 is 0. The number of amides is 1. The van der Waals surface area contributed by atoms with Crippen molar-refractivity contribution in [3.05, 3.63) is 96.3 Å². The zero-order chi connectivity index (χ0) is 15.6.